The molecular formula is C39H35ClN6O7. The van der Waals surface area contributed by atoms with Gasteiger partial charge in [0.2, 0.25) is 23.4 Å². The minimum Gasteiger partial charge on any atom is -0.490 e. The number of piperidine rings is 1. The van der Waals surface area contributed by atoms with Crippen LogP contribution in [0.3, 0.4) is 0 Å². The van der Waals surface area contributed by atoms with E-state index in [1.165, 1.54) is 0 Å². The number of benzene rings is 3. The molecule has 13 nitrogen and oxygen atoms in total. The Morgan fingerprint density at radius 1 is 0.849 bits per heavy atom. The Morgan fingerprint density at radius 2 is 1.53 bits per heavy atom. The number of halogens is 1. The number of nitrogens with one attached hydrogen (secondary N) is 2. The molecular weight excluding hydrogens is 700 g/mol. The Kier molecular flexibility index (Phi) is 8.96. The lowest BCUT2D eigenvalue weighted by Gasteiger charge is -2.29. The second-order valence-electron chi connectivity index (χ2n) is 14.3. The van der Waals surface area contributed by atoms with Crippen LogP contribution in [-0.4, -0.2) is 74.9 Å². The third-order valence-corrected chi connectivity index (χ3v) is 11.1. The maximum absolute atomic E-state index is 13.5. The van der Waals surface area contributed by atoms with Crippen molar-refractivity contribution in [3.8, 4) is 5.75 Å². The molecule has 4 aliphatic heterocycles. The highest BCUT2D eigenvalue weighted by Crippen LogP contribution is 2.35. The number of imide groups is 2. The summed E-state index contributed by atoms with van der Waals surface area (Å²) in [5, 5.41) is 5.73. The van der Waals surface area contributed by atoms with Gasteiger partial charge in [-0.3, -0.25) is 43.9 Å². The van der Waals surface area contributed by atoms with Crippen LogP contribution in [0.2, 0.25) is 5.02 Å². The summed E-state index contributed by atoms with van der Waals surface area (Å²) in [5.74, 6) is -1.75. The van der Waals surface area contributed by atoms with Crippen molar-refractivity contribution in [3.63, 3.8) is 0 Å². The first-order valence-electron chi connectivity index (χ1n) is 17.7. The average molecular weight is 735 g/mol. The van der Waals surface area contributed by atoms with Gasteiger partial charge in [0.1, 0.15) is 11.8 Å². The van der Waals surface area contributed by atoms with Crippen molar-refractivity contribution < 1.29 is 33.5 Å². The smallest absolute Gasteiger partial charge is 0.262 e. The van der Waals surface area contributed by atoms with Gasteiger partial charge < -0.3 is 15.0 Å². The van der Waals surface area contributed by atoms with Crippen LogP contribution in [0.4, 0.5) is 5.69 Å². The number of ether oxygens (including phenoxy) is 1. The van der Waals surface area contributed by atoms with Crippen LogP contribution >= 0.6 is 11.6 Å². The van der Waals surface area contributed by atoms with E-state index in [2.05, 4.69) is 15.5 Å². The Hall–Kier alpha value is -5.58. The second-order valence-corrected chi connectivity index (χ2v) is 14.7. The molecule has 0 radical (unpaired) electrons. The Labute approximate surface area is 310 Å². The third-order valence-electron chi connectivity index (χ3n) is 10.8. The molecule has 1 saturated carbocycles. The van der Waals surface area contributed by atoms with E-state index in [0.29, 0.717) is 48.2 Å². The molecule has 4 heterocycles. The molecule has 0 spiro atoms. The van der Waals surface area contributed by atoms with Gasteiger partial charge >= 0.3 is 0 Å². The van der Waals surface area contributed by atoms with E-state index in [9.17, 15) is 28.8 Å². The lowest BCUT2D eigenvalue weighted by Crippen LogP contribution is -2.54. The third kappa shape index (κ3) is 6.64. The van der Waals surface area contributed by atoms with Crippen LogP contribution < -0.4 is 15.4 Å². The van der Waals surface area contributed by atoms with Crippen molar-refractivity contribution in [3.05, 3.63) is 104 Å². The van der Waals surface area contributed by atoms with E-state index in [-0.39, 0.29) is 54.5 Å². The van der Waals surface area contributed by atoms with Crippen molar-refractivity contribution in [2.24, 2.45) is 0 Å². The molecule has 0 aromatic heterocycles. The van der Waals surface area contributed by atoms with Crippen LogP contribution in [0.1, 0.15) is 91.9 Å². The fraction of sp³-hybridized carbons (Fsp3) is 0.359. The Balaban J connectivity index is 0.825. The molecule has 2 fully saturated rings. The van der Waals surface area contributed by atoms with Gasteiger partial charge in [-0.2, -0.15) is 0 Å². The first-order valence-corrected chi connectivity index (χ1v) is 18.1. The zero-order valence-electron chi connectivity index (χ0n) is 28.7. The molecule has 14 heteroatoms. The lowest BCUT2D eigenvalue weighted by molar-refractivity contribution is -0.136. The highest BCUT2D eigenvalue weighted by molar-refractivity contribution is 6.33. The van der Waals surface area contributed by atoms with Gasteiger partial charge in [0.25, 0.3) is 17.7 Å². The minimum absolute atomic E-state index is 0.00301. The summed E-state index contributed by atoms with van der Waals surface area (Å²) in [7, 11) is 0. The monoisotopic (exact) mass is 734 g/mol. The van der Waals surface area contributed by atoms with Gasteiger partial charge in [0.05, 0.1) is 35.4 Å². The standard InChI is InChI=1S/C39H35ClN6O7/c1-41-32-9-8-28(15-31(32)40)53-27-6-4-26(5-7-27)42-36(49)21-2-3-22-18-45(19-23(22)12-21)35(48)20-44-16-24-13-29-30(14-25(24)17-44)39(52)46(38(29)51)33-10-11-34(47)43-37(33)50/h2-3,8-9,12-15,26-27,33H,4-7,10-11,16-20H2,(H,42,49)(H,43,47,50). The predicted molar refractivity (Wildman–Crippen MR) is 190 cm³/mol. The topological polar surface area (TPSA) is 150 Å². The molecule has 6 amide bonds. The lowest BCUT2D eigenvalue weighted by atomic mass is 9.92. The number of hydrogen-bond donors (Lipinski definition) is 2. The summed E-state index contributed by atoms with van der Waals surface area (Å²) < 4.78 is 6.08. The minimum atomic E-state index is -1.02. The van der Waals surface area contributed by atoms with Crippen molar-refractivity contribution in [2.75, 3.05) is 6.54 Å². The maximum atomic E-state index is 13.5. The number of rotatable bonds is 7. The van der Waals surface area contributed by atoms with Gasteiger partial charge in [-0.05, 0) is 90.8 Å². The van der Waals surface area contributed by atoms with E-state index in [1.54, 1.807) is 41.3 Å². The zero-order valence-corrected chi connectivity index (χ0v) is 29.4. The van der Waals surface area contributed by atoms with Crippen LogP contribution in [0.15, 0.2) is 48.5 Å². The Morgan fingerprint density at radius 3 is 2.19 bits per heavy atom. The van der Waals surface area contributed by atoms with E-state index < -0.39 is 29.7 Å². The number of hydrogen-bond acceptors (Lipinski definition) is 8. The Bertz CT molecular complexity index is 2110. The van der Waals surface area contributed by atoms with Gasteiger partial charge in [0, 0.05) is 44.2 Å². The molecule has 3 aromatic carbocycles. The van der Waals surface area contributed by atoms with E-state index >= 15 is 0 Å². The van der Waals surface area contributed by atoms with Crippen LogP contribution in [0.25, 0.3) is 4.85 Å². The molecule has 0 bridgehead atoms. The molecule has 53 heavy (non-hydrogen) atoms. The quantitative estimate of drug-likeness (QED) is 0.270. The number of carbonyl (C=O) groups is 6. The molecule has 1 aliphatic carbocycles. The summed E-state index contributed by atoms with van der Waals surface area (Å²) >= 11 is 6.15. The van der Waals surface area contributed by atoms with Crippen LogP contribution in [0.5, 0.6) is 5.75 Å². The second kappa shape index (κ2) is 13.8. The highest BCUT2D eigenvalue weighted by Gasteiger charge is 2.45. The summed E-state index contributed by atoms with van der Waals surface area (Å²) in [6.45, 7) is 8.99. The predicted octanol–water partition coefficient (Wildman–Crippen LogP) is 4.27. The van der Waals surface area contributed by atoms with Crippen molar-refractivity contribution in [2.45, 2.75) is 82.9 Å². The normalized spacial score (nSPS) is 22.2. The number of fused-ring (bicyclic) bond motifs is 3. The molecule has 2 N–H and O–H groups in total. The van der Waals surface area contributed by atoms with Crippen molar-refractivity contribution in [1.29, 1.82) is 0 Å². The summed E-state index contributed by atoms with van der Waals surface area (Å²) in [6, 6.07) is 13.0. The van der Waals surface area contributed by atoms with E-state index in [4.69, 9.17) is 22.9 Å². The molecule has 270 valence electrons. The highest BCUT2D eigenvalue weighted by atomic mass is 35.5. The molecule has 1 atom stereocenters. The first-order chi connectivity index (χ1) is 25.5. The molecule has 3 aromatic rings. The molecule has 1 saturated heterocycles. The molecule has 1 unspecified atom stereocenters. The van der Waals surface area contributed by atoms with Crippen molar-refractivity contribution in [1.82, 2.24) is 25.3 Å². The van der Waals surface area contributed by atoms with Gasteiger partial charge in [-0.25, -0.2) is 4.85 Å². The number of nitrogens with zero attached hydrogens (tertiary/aromatic N) is 4. The van der Waals surface area contributed by atoms with Crippen LogP contribution in [0, 0.1) is 6.57 Å². The van der Waals surface area contributed by atoms with Gasteiger partial charge in [0.15, 0.2) is 0 Å². The van der Waals surface area contributed by atoms with Gasteiger partial charge in [-0.1, -0.05) is 23.7 Å². The fourth-order valence-corrected chi connectivity index (χ4v) is 8.20. The maximum Gasteiger partial charge on any atom is 0.262 e. The molecule has 8 rings (SSSR count). The summed E-state index contributed by atoms with van der Waals surface area (Å²) in [5.41, 5.74) is 5.03. The summed E-state index contributed by atoms with van der Waals surface area (Å²) in [4.78, 5) is 85.3. The van der Waals surface area contributed by atoms with E-state index in [1.807, 2.05) is 17.0 Å². The summed E-state index contributed by atoms with van der Waals surface area (Å²) in [6.07, 6.45) is 3.25. The zero-order chi connectivity index (χ0) is 37.0. The first kappa shape index (κ1) is 34.5. The van der Waals surface area contributed by atoms with Crippen molar-refractivity contribution >= 4 is 52.7 Å². The SMILES string of the molecule is [C-]#[N+]c1ccc(OC2CCC(NC(=O)c3ccc4c(c3)CN(C(=O)CN3Cc5cc6c(cc5C3)C(=O)N(C3CCC(=O)NC3=O)C6=O)C4)CC2)cc1Cl. The fourth-order valence-electron chi connectivity index (χ4n) is 7.99. The number of amides is 6. The van der Waals surface area contributed by atoms with E-state index in [0.717, 1.165) is 52.8 Å². The largest absolute Gasteiger partial charge is 0.490 e. The average Bonchev–Trinajstić information content (AvgIpc) is 3.81. The number of carbonyl (C=O) groups excluding carboxylic acids is 6. The van der Waals surface area contributed by atoms with Gasteiger partial charge in [-0.15, -0.1) is 0 Å². The van der Waals surface area contributed by atoms with Crippen LogP contribution in [-0.2, 0) is 40.6 Å². The molecule has 5 aliphatic rings.